The molecular weight excluding hydrogens is 128 g/mol. The third kappa shape index (κ3) is 2.44. The van der Waals surface area contributed by atoms with Crippen LogP contribution in [0.25, 0.3) is 0 Å². The summed E-state index contributed by atoms with van der Waals surface area (Å²) < 4.78 is 0. The molecule has 0 heterocycles. The van der Waals surface area contributed by atoms with Crippen LogP contribution in [0.15, 0.2) is 17.8 Å². The van der Waals surface area contributed by atoms with Crippen molar-refractivity contribution in [3.05, 3.63) is 12.8 Å². The predicted molar refractivity (Wildman–Crippen MR) is 42.0 cm³/mol. The Balaban J connectivity index is 4.21. The lowest BCUT2D eigenvalue weighted by molar-refractivity contribution is -0.121. The summed E-state index contributed by atoms with van der Waals surface area (Å²) in [5.41, 5.74) is 0.458. The van der Waals surface area contributed by atoms with Gasteiger partial charge < -0.3 is 4.90 Å². The molecule has 1 amide bonds. The zero-order valence-corrected chi connectivity index (χ0v) is 6.59. The van der Waals surface area contributed by atoms with E-state index < -0.39 is 0 Å². The maximum absolute atomic E-state index is 11.0. The molecule has 3 heteroatoms. The largest absolute Gasteiger partial charge is 0.344 e. The number of rotatable bonds is 2. The molecule has 0 aromatic rings. The summed E-state index contributed by atoms with van der Waals surface area (Å²) in [6.45, 7) is 5.04. The van der Waals surface area contributed by atoms with Crippen LogP contribution in [0.5, 0.6) is 0 Å². The van der Waals surface area contributed by atoms with Crippen molar-refractivity contribution in [2.75, 3.05) is 14.1 Å². The molecule has 0 atom stereocenters. The van der Waals surface area contributed by atoms with Crippen molar-refractivity contribution < 1.29 is 4.79 Å². The fraction of sp³-hybridized carbons (Fsp3) is 0.429. The Morgan fingerprint density at radius 1 is 1.60 bits per heavy atom. The Morgan fingerprint density at radius 2 is 2.10 bits per heavy atom. The molecular formula is C7H12N2O. The zero-order chi connectivity index (χ0) is 8.15. The van der Waals surface area contributed by atoms with Crippen LogP contribution in [0.2, 0.25) is 0 Å². The first kappa shape index (κ1) is 8.88. The highest BCUT2D eigenvalue weighted by atomic mass is 16.2. The number of hydrogen-bond acceptors (Lipinski definition) is 2. The normalized spacial score (nSPS) is 10.9. The fourth-order valence-corrected chi connectivity index (χ4v) is 0.516. The Labute approximate surface area is 61.1 Å². The minimum atomic E-state index is -0.0834. The van der Waals surface area contributed by atoms with Gasteiger partial charge in [-0.3, -0.25) is 9.79 Å². The summed E-state index contributed by atoms with van der Waals surface area (Å²) >= 11 is 0. The van der Waals surface area contributed by atoms with Crippen molar-refractivity contribution in [3.8, 4) is 0 Å². The molecule has 10 heavy (non-hydrogen) atoms. The van der Waals surface area contributed by atoms with Crippen molar-refractivity contribution in [1.82, 2.24) is 4.90 Å². The molecule has 56 valence electrons. The van der Waals surface area contributed by atoms with Crippen molar-refractivity contribution >= 4 is 11.6 Å². The van der Waals surface area contributed by atoms with Gasteiger partial charge in [0.1, 0.15) is 5.71 Å². The Bertz CT molecular complexity index is 170. The number of carbonyl (C=O) groups excluding carboxylic acids is 1. The second-order valence-corrected chi connectivity index (χ2v) is 2.10. The van der Waals surface area contributed by atoms with Crippen molar-refractivity contribution in [2.45, 2.75) is 6.92 Å². The van der Waals surface area contributed by atoms with E-state index in [4.69, 9.17) is 0 Å². The van der Waals surface area contributed by atoms with Crippen LogP contribution in [0.3, 0.4) is 0 Å². The second-order valence-electron chi connectivity index (χ2n) is 2.10. The number of hydrogen-bond donors (Lipinski definition) is 0. The van der Waals surface area contributed by atoms with Crippen LogP contribution in [0, 0.1) is 0 Å². The standard InChI is InChI=1S/C7H12N2O/c1-5-8-6(2)7(10)9(3)4/h5H,1H2,2-4H3. The zero-order valence-electron chi connectivity index (χ0n) is 6.59. The van der Waals surface area contributed by atoms with Gasteiger partial charge in [0, 0.05) is 20.3 Å². The van der Waals surface area contributed by atoms with Gasteiger partial charge in [0.15, 0.2) is 0 Å². The lowest BCUT2D eigenvalue weighted by atomic mass is 10.4. The molecule has 0 aromatic carbocycles. The number of nitrogens with zero attached hydrogens (tertiary/aromatic N) is 2. The first-order valence-electron chi connectivity index (χ1n) is 2.96. The summed E-state index contributed by atoms with van der Waals surface area (Å²) in [4.78, 5) is 16.2. The maximum Gasteiger partial charge on any atom is 0.267 e. The Morgan fingerprint density at radius 3 is 2.40 bits per heavy atom. The molecule has 0 unspecified atom stereocenters. The van der Waals surface area contributed by atoms with E-state index in [1.165, 1.54) is 11.1 Å². The molecule has 0 saturated heterocycles. The highest BCUT2D eigenvalue weighted by molar-refractivity contribution is 6.37. The maximum atomic E-state index is 11.0. The average Bonchev–Trinajstić information content (AvgIpc) is 1.87. The van der Waals surface area contributed by atoms with E-state index in [-0.39, 0.29) is 5.91 Å². The van der Waals surface area contributed by atoms with Gasteiger partial charge in [-0.15, -0.1) is 0 Å². The van der Waals surface area contributed by atoms with Crippen molar-refractivity contribution in [3.63, 3.8) is 0 Å². The van der Waals surface area contributed by atoms with Gasteiger partial charge in [-0.1, -0.05) is 6.58 Å². The van der Waals surface area contributed by atoms with Gasteiger partial charge in [0.05, 0.1) is 0 Å². The van der Waals surface area contributed by atoms with E-state index in [1.807, 2.05) is 0 Å². The fourth-order valence-electron chi connectivity index (χ4n) is 0.516. The van der Waals surface area contributed by atoms with E-state index in [2.05, 4.69) is 11.6 Å². The first-order chi connectivity index (χ1) is 4.59. The van der Waals surface area contributed by atoms with Crippen LogP contribution in [-0.4, -0.2) is 30.6 Å². The van der Waals surface area contributed by atoms with Crippen molar-refractivity contribution in [1.29, 1.82) is 0 Å². The van der Waals surface area contributed by atoms with E-state index in [0.29, 0.717) is 5.71 Å². The molecule has 3 nitrogen and oxygen atoms in total. The molecule has 0 rings (SSSR count). The number of aliphatic imine (C=N–C) groups is 1. The number of amides is 1. The van der Waals surface area contributed by atoms with E-state index in [1.54, 1.807) is 21.0 Å². The summed E-state index contributed by atoms with van der Waals surface area (Å²) in [6, 6.07) is 0. The molecule has 0 aliphatic carbocycles. The smallest absolute Gasteiger partial charge is 0.267 e. The topological polar surface area (TPSA) is 32.7 Å². The second kappa shape index (κ2) is 3.82. The molecule has 0 aliphatic rings. The van der Waals surface area contributed by atoms with E-state index in [0.717, 1.165) is 0 Å². The Hall–Kier alpha value is -1.12. The summed E-state index contributed by atoms with van der Waals surface area (Å²) in [6.07, 6.45) is 1.36. The van der Waals surface area contributed by atoms with Gasteiger partial charge in [0.2, 0.25) is 0 Å². The van der Waals surface area contributed by atoms with Gasteiger partial charge in [-0.2, -0.15) is 0 Å². The van der Waals surface area contributed by atoms with E-state index >= 15 is 0 Å². The summed E-state index contributed by atoms with van der Waals surface area (Å²) in [7, 11) is 3.37. The molecule has 0 aromatic heterocycles. The first-order valence-corrected chi connectivity index (χ1v) is 2.96. The molecule has 0 saturated carbocycles. The summed E-state index contributed by atoms with van der Waals surface area (Å²) in [5, 5.41) is 0. The Kier molecular flexibility index (Phi) is 3.39. The van der Waals surface area contributed by atoms with Gasteiger partial charge in [-0.25, -0.2) is 0 Å². The molecule has 0 aliphatic heterocycles. The highest BCUT2D eigenvalue weighted by Gasteiger charge is 2.05. The minimum Gasteiger partial charge on any atom is -0.344 e. The van der Waals surface area contributed by atoms with Crippen molar-refractivity contribution in [2.24, 2.45) is 4.99 Å². The highest BCUT2D eigenvalue weighted by Crippen LogP contribution is 1.84. The van der Waals surface area contributed by atoms with Crippen LogP contribution in [-0.2, 0) is 4.79 Å². The van der Waals surface area contributed by atoms with Gasteiger partial charge in [0.25, 0.3) is 5.91 Å². The lowest BCUT2D eigenvalue weighted by Gasteiger charge is -2.07. The molecule has 0 N–H and O–H groups in total. The average molecular weight is 140 g/mol. The molecule has 0 bridgehead atoms. The monoisotopic (exact) mass is 140 g/mol. The van der Waals surface area contributed by atoms with Crippen LogP contribution in [0.1, 0.15) is 6.92 Å². The predicted octanol–water partition coefficient (Wildman–Crippen LogP) is 0.679. The molecule has 0 spiro atoms. The summed E-state index contributed by atoms with van der Waals surface area (Å²) in [5.74, 6) is -0.0834. The lowest BCUT2D eigenvalue weighted by Crippen LogP contribution is -2.27. The van der Waals surface area contributed by atoms with Crippen LogP contribution < -0.4 is 0 Å². The van der Waals surface area contributed by atoms with Gasteiger partial charge in [-0.05, 0) is 6.92 Å². The third-order valence-electron chi connectivity index (χ3n) is 1.00. The third-order valence-corrected chi connectivity index (χ3v) is 1.00. The quantitative estimate of drug-likeness (QED) is 0.519. The van der Waals surface area contributed by atoms with Crippen LogP contribution in [0.4, 0.5) is 0 Å². The SMILES string of the molecule is C=CN=C(C)C(=O)N(C)C. The van der Waals surface area contributed by atoms with Gasteiger partial charge >= 0.3 is 0 Å². The molecule has 0 radical (unpaired) electrons. The molecule has 0 fully saturated rings. The minimum absolute atomic E-state index is 0.0834. The van der Waals surface area contributed by atoms with E-state index in [9.17, 15) is 4.79 Å². The van der Waals surface area contributed by atoms with Crippen LogP contribution >= 0.6 is 0 Å². The number of carbonyl (C=O) groups is 1.